The van der Waals surface area contributed by atoms with E-state index < -0.39 is 17.9 Å². The quantitative estimate of drug-likeness (QED) is 0.416. The van der Waals surface area contributed by atoms with Crippen LogP contribution >= 0.6 is 11.6 Å². The maximum atomic E-state index is 12.5. The van der Waals surface area contributed by atoms with E-state index >= 15 is 0 Å². The first-order valence-corrected chi connectivity index (χ1v) is 9.54. The zero-order valence-corrected chi connectivity index (χ0v) is 17.3. The maximum absolute atomic E-state index is 12.5. The summed E-state index contributed by atoms with van der Waals surface area (Å²) in [6.45, 7) is 3.43. The van der Waals surface area contributed by atoms with E-state index in [1.807, 2.05) is 13.8 Å². The first kappa shape index (κ1) is 22.9. The molecular weight excluding hydrogens is 408 g/mol. The van der Waals surface area contributed by atoms with E-state index in [-0.39, 0.29) is 18.4 Å². The number of nitrogens with one attached hydrogen (secondary N) is 2. The van der Waals surface area contributed by atoms with Crippen LogP contribution in [0.3, 0.4) is 0 Å². The van der Waals surface area contributed by atoms with Gasteiger partial charge in [0.25, 0.3) is 17.7 Å². The zero-order valence-electron chi connectivity index (χ0n) is 16.6. The minimum atomic E-state index is -0.769. The molecule has 0 aliphatic carbocycles. The highest BCUT2D eigenvalue weighted by Crippen LogP contribution is 2.12. The standard InChI is InChI=1S/C21H23ClN4O4/c1-13(2)19(25-20(28)15-5-7-16(22)8-6-15)21(29)26-24-11-14-3-9-17(10-4-14)30-12-18(23)27/h3-11,13,19H,12H2,1-2H3,(H2,23,27)(H,25,28)(H,26,29)/b24-11+. The molecule has 8 nitrogen and oxygen atoms in total. The van der Waals surface area contributed by atoms with Crippen molar-refractivity contribution in [2.75, 3.05) is 6.61 Å². The Morgan fingerprint density at radius 3 is 2.30 bits per heavy atom. The Balaban J connectivity index is 1.93. The van der Waals surface area contributed by atoms with Crippen LogP contribution in [0.1, 0.15) is 29.8 Å². The van der Waals surface area contributed by atoms with E-state index in [1.165, 1.54) is 6.21 Å². The largest absolute Gasteiger partial charge is 0.484 e. The molecule has 158 valence electrons. The normalized spacial score (nSPS) is 11.9. The average molecular weight is 431 g/mol. The molecule has 0 aliphatic heterocycles. The zero-order chi connectivity index (χ0) is 22.1. The molecule has 2 aromatic rings. The molecule has 0 aromatic heterocycles. The van der Waals surface area contributed by atoms with Gasteiger partial charge in [0.15, 0.2) is 6.61 Å². The van der Waals surface area contributed by atoms with Crippen molar-refractivity contribution in [1.82, 2.24) is 10.7 Å². The van der Waals surface area contributed by atoms with Gasteiger partial charge in [-0.1, -0.05) is 25.4 Å². The van der Waals surface area contributed by atoms with Crippen LogP contribution in [0.5, 0.6) is 5.75 Å². The van der Waals surface area contributed by atoms with Crippen molar-refractivity contribution < 1.29 is 19.1 Å². The molecule has 1 unspecified atom stereocenters. The first-order valence-electron chi connectivity index (χ1n) is 9.16. The SMILES string of the molecule is CC(C)C(NC(=O)c1ccc(Cl)cc1)C(=O)N/N=C/c1ccc(OCC(N)=O)cc1. The molecule has 0 spiro atoms. The van der Waals surface area contributed by atoms with Gasteiger partial charge in [0.1, 0.15) is 11.8 Å². The number of ether oxygens (including phenoxy) is 1. The van der Waals surface area contributed by atoms with Gasteiger partial charge in [-0.05, 0) is 60.0 Å². The van der Waals surface area contributed by atoms with Gasteiger partial charge in [0.05, 0.1) is 6.21 Å². The van der Waals surface area contributed by atoms with E-state index in [1.54, 1.807) is 48.5 Å². The van der Waals surface area contributed by atoms with Gasteiger partial charge in [-0.25, -0.2) is 5.43 Å². The molecule has 0 aliphatic rings. The summed E-state index contributed by atoms with van der Waals surface area (Å²) in [4.78, 5) is 35.6. The minimum absolute atomic E-state index is 0.155. The molecule has 2 rings (SSSR count). The Labute approximate surface area is 179 Å². The maximum Gasteiger partial charge on any atom is 0.262 e. The molecule has 0 saturated heterocycles. The van der Waals surface area contributed by atoms with Gasteiger partial charge in [-0.3, -0.25) is 14.4 Å². The number of nitrogens with zero attached hydrogens (tertiary/aromatic N) is 1. The van der Waals surface area contributed by atoms with Crippen LogP contribution in [-0.4, -0.2) is 36.6 Å². The third-order valence-electron chi connectivity index (χ3n) is 3.99. The van der Waals surface area contributed by atoms with Crippen molar-refractivity contribution in [3.63, 3.8) is 0 Å². The summed E-state index contributed by atoms with van der Waals surface area (Å²) in [5.74, 6) is -1.05. The fourth-order valence-electron chi connectivity index (χ4n) is 2.41. The molecule has 2 aromatic carbocycles. The van der Waals surface area contributed by atoms with Gasteiger partial charge in [0, 0.05) is 10.6 Å². The molecule has 0 radical (unpaired) electrons. The fourth-order valence-corrected chi connectivity index (χ4v) is 2.53. The number of carbonyl (C=O) groups is 3. The molecule has 9 heteroatoms. The topological polar surface area (TPSA) is 123 Å². The molecule has 1 atom stereocenters. The molecule has 0 bridgehead atoms. The van der Waals surface area contributed by atoms with Crippen molar-refractivity contribution >= 4 is 35.5 Å². The molecule has 0 saturated carbocycles. The van der Waals surface area contributed by atoms with Crippen LogP contribution in [0.25, 0.3) is 0 Å². The van der Waals surface area contributed by atoms with E-state index in [9.17, 15) is 14.4 Å². The minimum Gasteiger partial charge on any atom is -0.484 e. The molecule has 0 heterocycles. The molecule has 3 amide bonds. The lowest BCUT2D eigenvalue weighted by molar-refractivity contribution is -0.124. The van der Waals surface area contributed by atoms with E-state index in [0.29, 0.717) is 21.9 Å². The molecule has 4 N–H and O–H groups in total. The predicted octanol–water partition coefficient (Wildman–Crippen LogP) is 2.11. The Kier molecular flexibility index (Phi) is 8.37. The summed E-state index contributed by atoms with van der Waals surface area (Å²) in [5, 5.41) is 7.16. The Morgan fingerprint density at radius 2 is 1.73 bits per heavy atom. The van der Waals surface area contributed by atoms with Crippen molar-refractivity contribution in [3.05, 3.63) is 64.7 Å². The number of rotatable bonds is 9. The number of benzene rings is 2. The second kappa shape index (κ2) is 11.0. The predicted molar refractivity (Wildman–Crippen MR) is 114 cm³/mol. The lowest BCUT2D eigenvalue weighted by atomic mass is 10.0. The van der Waals surface area contributed by atoms with Crippen LogP contribution in [-0.2, 0) is 9.59 Å². The summed E-state index contributed by atoms with van der Waals surface area (Å²) in [6.07, 6.45) is 1.45. The summed E-state index contributed by atoms with van der Waals surface area (Å²) < 4.78 is 5.17. The monoisotopic (exact) mass is 430 g/mol. The highest BCUT2D eigenvalue weighted by atomic mass is 35.5. The Morgan fingerprint density at radius 1 is 1.10 bits per heavy atom. The molecular formula is C21H23ClN4O4. The number of nitrogens with two attached hydrogens (primary N) is 1. The first-order chi connectivity index (χ1) is 14.3. The Hall–Kier alpha value is -3.39. The number of carbonyl (C=O) groups excluding carboxylic acids is 3. The second-order valence-corrected chi connectivity index (χ2v) is 7.20. The number of hydrogen-bond acceptors (Lipinski definition) is 5. The van der Waals surface area contributed by atoms with Gasteiger partial charge in [-0.15, -0.1) is 0 Å². The highest BCUT2D eigenvalue weighted by Gasteiger charge is 2.24. The summed E-state index contributed by atoms with van der Waals surface area (Å²) in [7, 11) is 0. The van der Waals surface area contributed by atoms with Crippen LogP contribution in [0.2, 0.25) is 5.02 Å². The third-order valence-corrected chi connectivity index (χ3v) is 4.24. The lowest BCUT2D eigenvalue weighted by Crippen LogP contribution is -2.48. The number of hydrogen-bond donors (Lipinski definition) is 3. The Bertz CT molecular complexity index is 912. The number of amides is 3. The molecule has 30 heavy (non-hydrogen) atoms. The van der Waals surface area contributed by atoms with Crippen molar-refractivity contribution in [1.29, 1.82) is 0 Å². The average Bonchev–Trinajstić information content (AvgIpc) is 2.71. The van der Waals surface area contributed by atoms with Crippen LogP contribution in [0.4, 0.5) is 0 Å². The third kappa shape index (κ3) is 7.21. The highest BCUT2D eigenvalue weighted by molar-refractivity contribution is 6.30. The van der Waals surface area contributed by atoms with Crippen LogP contribution in [0, 0.1) is 5.92 Å². The van der Waals surface area contributed by atoms with Gasteiger partial charge in [-0.2, -0.15) is 5.10 Å². The van der Waals surface area contributed by atoms with Crippen molar-refractivity contribution in [2.45, 2.75) is 19.9 Å². The number of halogens is 1. The summed E-state index contributed by atoms with van der Waals surface area (Å²) in [6, 6.07) is 12.3. The second-order valence-electron chi connectivity index (χ2n) is 6.76. The smallest absolute Gasteiger partial charge is 0.262 e. The van der Waals surface area contributed by atoms with Crippen molar-refractivity contribution in [3.8, 4) is 5.75 Å². The summed E-state index contributed by atoms with van der Waals surface area (Å²) >= 11 is 5.83. The van der Waals surface area contributed by atoms with Gasteiger partial charge < -0.3 is 15.8 Å². The van der Waals surface area contributed by atoms with Gasteiger partial charge in [0.2, 0.25) is 0 Å². The summed E-state index contributed by atoms with van der Waals surface area (Å²) in [5.41, 5.74) is 8.56. The van der Waals surface area contributed by atoms with Crippen molar-refractivity contribution in [2.24, 2.45) is 16.8 Å². The van der Waals surface area contributed by atoms with Crippen LogP contribution < -0.4 is 21.2 Å². The fraction of sp³-hybridized carbons (Fsp3) is 0.238. The van der Waals surface area contributed by atoms with E-state index in [0.717, 1.165) is 0 Å². The van der Waals surface area contributed by atoms with E-state index in [2.05, 4.69) is 15.8 Å². The van der Waals surface area contributed by atoms with Gasteiger partial charge >= 0.3 is 0 Å². The number of primary amides is 1. The van der Waals surface area contributed by atoms with E-state index in [4.69, 9.17) is 22.1 Å². The van der Waals surface area contributed by atoms with Crippen LogP contribution in [0.15, 0.2) is 53.6 Å². The number of hydrazone groups is 1. The molecule has 0 fully saturated rings. The lowest BCUT2D eigenvalue weighted by Gasteiger charge is -2.20.